The summed E-state index contributed by atoms with van der Waals surface area (Å²) in [6, 6.07) is 4.58. The Morgan fingerprint density at radius 3 is 2.62 bits per heavy atom. The maximum Gasteiger partial charge on any atom is 0.241 e. The third-order valence-corrected chi connectivity index (χ3v) is 6.40. The summed E-state index contributed by atoms with van der Waals surface area (Å²) in [4.78, 5) is 0.211. The van der Waals surface area contributed by atoms with Gasteiger partial charge in [-0.3, -0.25) is 0 Å². The van der Waals surface area contributed by atoms with Gasteiger partial charge < -0.3 is 5.73 Å². The molecule has 2 atom stereocenters. The quantitative estimate of drug-likeness (QED) is 0.788. The number of hydrogen-bond acceptors (Lipinski definition) is 3. The molecular weight excluding hydrogens is 399 g/mol. The molecule has 8 heteroatoms. The van der Waals surface area contributed by atoms with E-state index in [9.17, 15) is 8.42 Å². The standard InChI is InChI=1S/C13H18BrClN2O2S.ClH/c14-11-7-10(15)5-6-13(11)20(18,19)17-12-4-2-1-3-9(12)8-16;/h5-7,9,12,17H,1-4,8,16H2;1H. The molecular formula is C13H19BrCl2N2O2S. The molecule has 4 nitrogen and oxygen atoms in total. The zero-order chi connectivity index (χ0) is 14.8. The summed E-state index contributed by atoms with van der Waals surface area (Å²) in [5.41, 5.74) is 5.74. The second-order valence-corrected chi connectivity index (χ2v) is 8.06. The molecule has 0 radical (unpaired) electrons. The summed E-state index contributed by atoms with van der Waals surface area (Å²) >= 11 is 9.09. The Hall–Kier alpha value is 0.150. The summed E-state index contributed by atoms with van der Waals surface area (Å²) in [6.07, 6.45) is 3.97. The number of hydrogen-bond donors (Lipinski definition) is 2. The molecule has 1 aliphatic rings. The molecule has 21 heavy (non-hydrogen) atoms. The molecule has 1 aromatic carbocycles. The zero-order valence-corrected chi connectivity index (χ0v) is 15.4. The Bertz CT molecular complexity index is 584. The van der Waals surface area contributed by atoms with Gasteiger partial charge in [-0.25, -0.2) is 13.1 Å². The van der Waals surface area contributed by atoms with Gasteiger partial charge in [0.15, 0.2) is 0 Å². The van der Waals surface area contributed by atoms with Gasteiger partial charge in [0.2, 0.25) is 10.0 Å². The van der Waals surface area contributed by atoms with Crippen LogP contribution in [0.15, 0.2) is 27.6 Å². The summed E-state index contributed by atoms with van der Waals surface area (Å²) in [5.74, 6) is 0.213. The number of sulfonamides is 1. The van der Waals surface area contributed by atoms with Crippen LogP contribution in [0.2, 0.25) is 5.02 Å². The summed E-state index contributed by atoms with van der Waals surface area (Å²) in [7, 11) is -3.56. The largest absolute Gasteiger partial charge is 0.330 e. The summed E-state index contributed by atoms with van der Waals surface area (Å²) in [5, 5.41) is 0.494. The van der Waals surface area contributed by atoms with E-state index < -0.39 is 10.0 Å². The molecule has 120 valence electrons. The lowest BCUT2D eigenvalue weighted by Crippen LogP contribution is -2.44. The lowest BCUT2D eigenvalue weighted by Gasteiger charge is -2.31. The van der Waals surface area contributed by atoms with Gasteiger partial charge in [-0.15, -0.1) is 12.4 Å². The maximum atomic E-state index is 12.5. The minimum Gasteiger partial charge on any atom is -0.330 e. The molecule has 0 saturated heterocycles. The molecule has 0 bridgehead atoms. The number of nitrogens with two attached hydrogens (primary N) is 1. The van der Waals surface area contributed by atoms with Gasteiger partial charge in [0.1, 0.15) is 0 Å². The molecule has 0 aromatic heterocycles. The topological polar surface area (TPSA) is 72.2 Å². The van der Waals surface area contributed by atoms with Crippen LogP contribution in [0.1, 0.15) is 25.7 Å². The van der Waals surface area contributed by atoms with Crippen molar-refractivity contribution >= 4 is 50.0 Å². The first kappa shape index (κ1) is 19.2. The fourth-order valence-corrected chi connectivity index (χ4v) is 5.32. The van der Waals surface area contributed by atoms with Crippen molar-refractivity contribution in [2.45, 2.75) is 36.6 Å². The molecule has 0 heterocycles. The second kappa shape index (κ2) is 8.13. The van der Waals surface area contributed by atoms with Crippen LogP contribution in [-0.2, 0) is 10.0 Å². The highest BCUT2D eigenvalue weighted by Gasteiger charge is 2.29. The van der Waals surface area contributed by atoms with Crippen molar-refractivity contribution in [2.75, 3.05) is 6.54 Å². The van der Waals surface area contributed by atoms with Crippen molar-refractivity contribution in [1.29, 1.82) is 0 Å². The van der Waals surface area contributed by atoms with Crippen LogP contribution in [0.4, 0.5) is 0 Å². The molecule has 1 aromatic rings. The van der Waals surface area contributed by atoms with Crippen LogP contribution in [-0.4, -0.2) is 21.0 Å². The van der Waals surface area contributed by atoms with E-state index in [4.69, 9.17) is 17.3 Å². The van der Waals surface area contributed by atoms with Gasteiger partial charge >= 0.3 is 0 Å². The van der Waals surface area contributed by atoms with E-state index in [0.717, 1.165) is 25.7 Å². The highest BCUT2D eigenvalue weighted by Crippen LogP contribution is 2.28. The molecule has 3 N–H and O–H groups in total. The van der Waals surface area contributed by atoms with Crippen LogP contribution in [0.25, 0.3) is 0 Å². The monoisotopic (exact) mass is 416 g/mol. The Balaban J connectivity index is 0.00000220. The number of halogens is 3. The van der Waals surface area contributed by atoms with Gasteiger partial charge in [-0.2, -0.15) is 0 Å². The average molecular weight is 418 g/mol. The summed E-state index contributed by atoms with van der Waals surface area (Å²) < 4.78 is 28.2. The van der Waals surface area contributed by atoms with Crippen molar-refractivity contribution < 1.29 is 8.42 Å². The van der Waals surface area contributed by atoms with E-state index in [1.807, 2.05) is 0 Å². The van der Waals surface area contributed by atoms with Crippen molar-refractivity contribution in [3.63, 3.8) is 0 Å². The smallest absolute Gasteiger partial charge is 0.241 e. The molecule has 0 spiro atoms. The Morgan fingerprint density at radius 1 is 1.33 bits per heavy atom. The van der Waals surface area contributed by atoms with Gasteiger partial charge in [-0.1, -0.05) is 24.4 Å². The highest BCUT2D eigenvalue weighted by molar-refractivity contribution is 9.10. The van der Waals surface area contributed by atoms with E-state index in [0.29, 0.717) is 16.0 Å². The van der Waals surface area contributed by atoms with E-state index >= 15 is 0 Å². The lowest BCUT2D eigenvalue weighted by molar-refractivity contribution is 0.296. The van der Waals surface area contributed by atoms with Crippen LogP contribution >= 0.6 is 39.9 Å². The van der Waals surface area contributed by atoms with Crippen LogP contribution in [0, 0.1) is 5.92 Å². The molecule has 1 aliphatic carbocycles. The van der Waals surface area contributed by atoms with E-state index in [-0.39, 0.29) is 29.3 Å². The highest BCUT2D eigenvalue weighted by atomic mass is 79.9. The van der Waals surface area contributed by atoms with Gasteiger partial charge in [-0.05, 0) is 59.4 Å². The van der Waals surface area contributed by atoms with Gasteiger partial charge in [0.05, 0.1) is 4.90 Å². The van der Waals surface area contributed by atoms with Crippen LogP contribution in [0.5, 0.6) is 0 Å². The third kappa shape index (κ3) is 4.81. The van der Waals surface area contributed by atoms with Gasteiger partial charge in [0, 0.05) is 15.5 Å². The number of nitrogens with one attached hydrogen (secondary N) is 1. The van der Waals surface area contributed by atoms with Gasteiger partial charge in [0.25, 0.3) is 0 Å². The molecule has 0 amide bonds. The van der Waals surface area contributed by atoms with Crippen molar-refractivity contribution in [3.05, 3.63) is 27.7 Å². The van der Waals surface area contributed by atoms with E-state index in [1.54, 1.807) is 12.1 Å². The average Bonchev–Trinajstić information content (AvgIpc) is 2.38. The number of benzene rings is 1. The molecule has 1 saturated carbocycles. The van der Waals surface area contributed by atoms with E-state index in [2.05, 4.69) is 20.7 Å². The predicted octanol–water partition coefficient (Wildman–Crippen LogP) is 3.32. The minimum atomic E-state index is -3.56. The Kier molecular flexibility index (Phi) is 7.43. The zero-order valence-electron chi connectivity index (χ0n) is 11.4. The second-order valence-electron chi connectivity index (χ2n) is 5.08. The third-order valence-electron chi connectivity index (χ3n) is 3.70. The van der Waals surface area contributed by atoms with Crippen molar-refractivity contribution in [1.82, 2.24) is 4.72 Å². The van der Waals surface area contributed by atoms with Crippen molar-refractivity contribution in [2.24, 2.45) is 11.7 Å². The first-order valence-electron chi connectivity index (χ1n) is 6.61. The van der Waals surface area contributed by atoms with Crippen molar-refractivity contribution in [3.8, 4) is 0 Å². The van der Waals surface area contributed by atoms with E-state index in [1.165, 1.54) is 6.07 Å². The minimum absolute atomic E-state index is 0. The number of rotatable bonds is 4. The first-order valence-corrected chi connectivity index (χ1v) is 9.27. The lowest BCUT2D eigenvalue weighted by atomic mass is 9.85. The fraction of sp³-hybridized carbons (Fsp3) is 0.538. The Morgan fingerprint density at radius 2 is 2.00 bits per heavy atom. The van der Waals surface area contributed by atoms with Crippen LogP contribution < -0.4 is 10.5 Å². The fourth-order valence-electron chi connectivity index (χ4n) is 2.60. The maximum absolute atomic E-state index is 12.5. The molecule has 1 fully saturated rings. The Labute approximate surface area is 145 Å². The summed E-state index contributed by atoms with van der Waals surface area (Å²) in [6.45, 7) is 0.509. The molecule has 2 rings (SSSR count). The molecule has 0 aliphatic heterocycles. The predicted molar refractivity (Wildman–Crippen MR) is 91.5 cm³/mol. The van der Waals surface area contributed by atoms with Crippen LogP contribution in [0.3, 0.4) is 0 Å². The normalized spacial score (nSPS) is 22.6. The first-order chi connectivity index (χ1) is 9.44. The SMILES string of the molecule is Cl.NCC1CCCCC1NS(=O)(=O)c1ccc(Cl)cc1Br. The molecule has 2 unspecified atom stereocenters.